The van der Waals surface area contributed by atoms with Gasteiger partial charge in [-0.2, -0.15) is 0 Å². The Labute approximate surface area is 200 Å². The van der Waals surface area contributed by atoms with E-state index >= 15 is 8.78 Å². The molecule has 0 aliphatic rings. The number of nitrogens with zero attached hydrogens (tertiary/aromatic N) is 1. The Bertz CT molecular complexity index is 1740. The SMILES string of the molecule is [2H]c1ccccc1C([2H])([2H])Oc1c(F)c([2H])c([2H])c2c1c([2H])c([2H])n2-c1ccc(OCc2ccccc2)c(F)c1. The molecule has 5 heteroatoms. The smallest absolute Gasteiger partial charge is 0.167 e. The lowest BCUT2D eigenvalue weighted by atomic mass is 10.2. The van der Waals surface area contributed by atoms with Crippen molar-refractivity contribution in [2.24, 2.45) is 0 Å². The molecular formula is C28H21F2NO2. The van der Waals surface area contributed by atoms with Crippen LogP contribution in [0.25, 0.3) is 16.6 Å². The third-order valence-electron chi connectivity index (χ3n) is 4.85. The molecule has 0 aliphatic carbocycles. The first-order chi connectivity index (χ1) is 19.0. The van der Waals surface area contributed by atoms with E-state index in [1.807, 2.05) is 30.3 Å². The van der Waals surface area contributed by atoms with Gasteiger partial charge in [-0.05, 0) is 41.4 Å². The summed E-state index contributed by atoms with van der Waals surface area (Å²) in [5.41, 5.74) is 0.292. The van der Waals surface area contributed by atoms with Gasteiger partial charge in [0.2, 0.25) is 0 Å². The predicted molar refractivity (Wildman–Crippen MR) is 125 cm³/mol. The van der Waals surface area contributed by atoms with Crippen LogP contribution < -0.4 is 9.47 Å². The van der Waals surface area contributed by atoms with Crippen LogP contribution in [0.3, 0.4) is 0 Å². The van der Waals surface area contributed by atoms with Crippen molar-refractivity contribution in [1.29, 1.82) is 0 Å². The first kappa shape index (κ1) is 14.1. The number of hydrogen-bond donors (Lipinski definition) is 0. The number of halogens is 2. The van der Waals surface area contributed by atoms with Crippen molar-refractivity contribution in [2.75, 3.05) is 0 Å². The van der Waals surface area contributed by atoms with Gasteiger partial charge in [0.25, 0.3) is 0 Å². The van der Waals surface area contributed by atoms with E-state index in [9.17, 15) is 0 Å². The van der Waals surface area contributed by atoms with E-state index in [2.05, 4.69) is 0 Å². The van der Waals surface area contributed by atoms with Crippen molar-refractivity contribution >= 4 is 10.9 Å². The number of hydrogen-bond acceptors (Lipinski definition) is 2. The van der Waals surface area contributed by atoms with Crippen LogP contribution in [0.4, 0.5) is 8.78 Å². The lowest BCUT2D eigenvalue weighted by Crippen LogP contribution is -2.00. The average molecular weight is 449 g/mol. The van der Waals surface area contributed by atoms with Gasteiger partial charge in [0.05, 0.1) is 15.1 Å². The monoisotopic (exact) mass is 448 g/mol. The highest BCUT2D eigenvalue weighted by Crippen LogP contribution is 2.33. The second-order valence-electron chi connectivity index (χ2n) is 7.06. The molecule has 4 aromatic carbocycles. The first-order valence-corrected chi connectivity index (χ1v) is 10.0. The molecule has 0 unspecified atom stereocenters. The zero-order chi connectivity index (χ0) is 28.8. The maximum atomic E-state index is 15.3. The van der Waals surface area contributed by atoms with Crippen molar-refractivity contribution in [1.82, 2.24) is 4.57 Å². The van der Waals surface area contributed by atoms with Crippen molar-refractivity contribution < 1.29 is 27.8 Å². The normalized spacial score (nSPS) is 14.4. The number of benzene rings is 4. The lowest BCUT2D eigenvalue weighted by Gasteiger charge is -2.12. The highest BCUT2D eigenvalue weighted by molar-refractivity contribution is 5.88. The summed E-state index contributed by atoms with van der Waals surface area (Å²) in [7, 11) is 0. The van der Waals surface area contributed by atoms with Crippen LogP contribution >= 0.6 is 0 Å². The number of rotatable bonds is 7. The van der Waals surface area contributed by atoms with Crippen molar-refractivity contribution in [2.45, 2.75) is 13.2 Å². The summed E-state index contributed by atoms with van der Waals surface area (Å²) in [6.45, 7) is -2.66. The maximum absolute atomic E-state index is 15.3. The molecule has 0 bridgehead atoms. The Morgan fingerprint density at radius 1 is 0.788 bits per heavy atom. The second kappa shape index (κ2) is 9.17. The summed E-state index contributed by atoms with van der Waals surface area (Å²) in [6, 6.07) is 16.0. The lowest BCUT2D eigenvalue weighted by molar-refractivity contribution is 0.290. The molecule has 0 saturated heterocycles. The minimum absolute atomic E-state index is 0.00281. The van der Waals surface area contributed by atoms with Gasteiger partial charge in [0, 0.05) is 23.3 Å². The molecule has 0 spiro atoms. The van der Waals surface area contributed by atoms with Gasteiger partial charge in [0.1, 0.15) is 13.2 Å². The van der Waals surface area contributed by atoms with E-state index in [0.717, 1.165) is 16.2 Å². The fraction of sp³-hybridized carbons (Fsp3) is 0.0714. The molecule has 1 aromatic heterocycles. The van der Waals surface area contributed by atoms with Gasteiger partial charge in [-0.25, -0.2) is 8.78 Å². The van der Waals surface area contributed by atoms with Crippen molar-refractivity contribution in [3.8, 4) is 17.2 Å². The van der Waals surface area contributed by atoms with Crippen LogP contribution in [0.5, 0.6) is 11.5 Å². The van der Waals surface area contributed by atoms with E-state index < -0.39 is 53.6 Å². The van der Waals surface area contributed by atoms with Crippen LogP contribution in [0.1, 0.15) is 20.7 Å². The molecular weight excluding hydrogens is 420 g/mol. The van der Waals surface area contributed by atoms with E-state index in [-0.39, 0.29) is 35.2 Å². The average Bonchev–Trinajstić information content (AvgIpc) is 3.20. The summed E-state index contributed by atoms with van der Waals surface area (Å²) >= 11 is 0. The molecule has 5 rings (SSSR count). The van der Waals surface area contributed by atoms with Crippen molar-refractivity contribution in [3.05, 3.63) is 126 Å². The van der Waals surface area contributed by atoms with E-state index in [4.69, 9.17) is 19.1 Å². The molecule has 33 heavy (non-hydrogen) atoms. The molecule has 1 heterocycles. The fourth-order valence-corrected chi connectivity index (χ4v) is 3.24. The standard InChI is InChI=1S/C28H21F2NO2/c29-24-12-13-26-23(28(24)33-19-21-9-5-2-6-10-21)15-16-31(26)22-11-14-27(25(30)17-22)32-18-20-7-3-1-4-8-20/h1-17H,18-19H2/i9D,12D,13D,15D,16D,19D2. The Hall–Kier alpha value is -4.12. The van der Waals surface area contributed by atoms with Crippen LogP contribution in [0.15, 0.2) is 103 Å². The van der Waals surface area contributed by atoms with Crippen LogP contribution in [-0.4, -0.2) is 4.57 Å². The van der Waals surface area contributed by atoms with Gasteiger partial charge in [-0.3, -0.25) is 0 Å². The molecule has 0 N–H and O–H groups in total. The second-order valence-corrected chi connectivity index (χ2v) is 7.06. The fourth-order valence-electron chi connectivity index (χ4n) is 3.24. The van der Waals surface area contributed by atoms with E-state index in [1.165, 1.54) is 36.4 Å². The summed E-state index contributed by atoms with van der Waals surface area (Å²) in [6.07, 6.45) is -0.558. The van der Waals surface area contributed by atoms with Gasteiger partial charge >= 0.3 is 0 Å². The molecule has 5 aromatic rings. The highest BCUT2D eigenvalue weighted by Gasteiger charge is 2.15. The Balaban J connectivity index is 1.62. The van der Waals surface area contributed by atoms with Gasteiger partial charge in [-0.1, -0.05) is 60.6 Å². The number of fused-ring (bicyclic) bond motifs is 1. The summed E-state index contributed by atoms with van der Waals surface area (Å²) in [5.74, 6) is -3.12. The third-order valence-corrected chi connectivity index (χ3v) is 4.85. The topological polar surface area (TPSA) is 23.4 Å². The molecule has 3 nitrogen and oxygen atoms in total. The molecule has 0 radical (unpaired) electrons. The zero-order valence-corrected chi connectivity index (χ0v) is 17.2. The van der Waals surface area contributed by atoms with Crippen LogP contribution in [0, 0.1) is 11.6 Å². The summed E-state index contributed by atoms with van der Waals surface area (Å²) in [4.78, 5) is 0. The van der Waals surface area contributed by atoms with Crippen LogP contribution in [0.2, 0.25) is 0 Å². The number of aromatic nitrogens is 1. The third kappa shape index (κ3) is 4.44. The van der Waals surface area contributed by atoms with Crippen molar-refractivity contribution in [3.63, 3.8) is 0 Å². The Kier molecular flexibility index (Phi) is 3.92. The Morgan fingerprint density at radius 3 is 2.36 bits per heavy atom. The molecule has 164 valence electrons. The molecule has 0 saturated carbocycles. The Morgan fingerprint density at radius 2 is 1.58 bits per heavy atom. The predicted octanol–water partition coefficient (Wildman–Crippen LogP) is 7.07. The first-order valence-electron chi connectivity index (χ1n) is 13.5. The van der Waals surface area contributed by atoms with E-state index in [1.54, 1.807) is 0 Å². The van der Waals surface area contributed by atoms with Gasteiger partial charge in [-0.15, -0.1) is 0 Å². The number of ether oxygens (including phenoxy) is 2. The van der Waals surface area contributed by atoms with Gasteiger partial charge < -0.3 is 14.0 Å². The highest BCUT2D eigenvalue weighted by atomic mass is 19.1. The zero-order valence-electron chi connectivity index (χ0n) is 24.2. The maximum Gasteiger partial charge on any atom is 0.167 e. The minimum Gasteiger partial charge on any atom is -0.486 e. The minimum atomic E-state index is -2.76. The molecule has 0 amide bonds. The molecule has 0 aliphatic heterocycles. The molecule has 0 fully saturated rings. The van der Waals surface area contributed by atoms with E-state index in [0.29, 0.717) is 0 Å². The molecule has 0 atom stereocenters. The summed E-state index contributed by atoms with van der Waals surface area (Å²) < 4.78 is 101. The largest absolute Gasteiger partial charge is 0.486 e. The van der Waals surface area contributed by atoms with Crippen LogP contribution in [-0.2, 0) is 13.2 Å². The van der Waals surface area contributed by atoms with Gasteiger partial charge in [0.15, 0.2) is 23.1 Å². The quantitative estimate of drug-likeness (QED) is 0.266. The summed E-state index contributed by atoms with van der Waals surface area (Å²) in [5, 5.41) is -0.431.